The van der Waals surface area contributed by atoms with Crippen molar-refractivity contribution in [3.63, 3.8) is 0 Å². The number of hydrogen-bond donors (Lipinski definition) is 1. The van der Waals surface area contributed by atoms with Gasteiger partial charge in [-0.15, -0.1) is 10.2 Å². The lowest BCUT2D eigenvalue weighted by Crippen LogP contribution is -2.21. The minimum Gasteiger partial charge on any atom is -0.272 e. The van der Waals surface area contributed by atoms with Gasteiger partial charge in [-0.1, -0.05) is 89.6 Å². The highest BCUT2D eigenvalue weighted by Crippen LogP contribution is 2.28. The summed E-state index contributed by atoms with van der Waals surface area (Å²) >= 11 is 7.50. The maximum absolute atomic E-state index is 12.5. The van der Waals surface area contributed by atoms with Gasteiger partial charge in [0.25, 0.3) is 5.91 Å². The van der Waals surface area contributed by atoms with Crippen molar-refractivity contribution in [3.05, 3.63) is 95.0 Å². The third kappa shape index (κ3) is 5.50. The minimum atomic E-state index is -0.244. The van der Waals surface area contributed by atoms with Gasteiger partial charge in [0.1, 0.15) is 0 Å². The van der Waals surface area contributed by atoms with Crippen LogP contribution in [0.1, 0.15) is 18.1 Å². The molecule has 33 heavy (non-hydrogen) atoms. The first-order valence-corrected chi connectivity index (χ1v) is 11.7. The average molecular weight is 476 g/mol. The van der Waals surface area contributed by atoms with E-state index in [0.717, 1.165) is 28.2 Å². The second kappa shape index (κ2) is 10.5. The molecule has 1 aromatic heterocycles. The van der Waals surface area contributed by atoms with Crippen molar-refractivity contribution >= 4 is 35.0 Å². The van der Waals surface area contributed by atoms with Crippen molar-refractivity contribution in [1.29, 1.82) is 0 Å². The van der Waals surface area contributed by atoms with Gasteiger partial charge in [0.05, 0.1) is 11.5 Å². The van der Waals surface area contributed by atoms with E-state index in [1.54, 1.807) is 13.0 Å². The molecule has 0 aliphatic carbocycles. The van der Waals surface area contributed by atoms with E-state index in [2.05, 4.69) is 20.7 Å². The first-order valence-electron chi connectivity index (χ1n) is 10.3. The fraction of sp³-hybridized carbons (Fsp3) is 0.120. The van der Waals surface area contributed by atoms with Gasteiger partial charge in [0.2, 0.25) is 0 Å². The third-order valence-electron chi connectivity index (χ3n) is 4.90. The van der Waals surface area contributed by atoms with Crippen LogP contribution in [0.4, 0.5) is 0 Å². The summed E-state index contributed by atoms with van der Waals surface area (Å²) in [6, 6.07) is 25.3. The molecule has 0 aliphatic heterocycles. The fourth-order valence-corrected chi connectivity index (χ4v) is 4.20. The Morgan fingerprint density at radius 1 is 1.00 bits per heavy atom. The molecule has 3 aromatic carbocycles. The lowest BCUT2D eigenvalue weighted by molar-refractivity contribution is -0.118. The van der Waals surface area contributed by atoms with Gasteiger partial charge in [-0.05, 0) is 32.0 Å². The maximum Gasteiger partial charge on any atom is 0.250 e. The molecule has 0 spiro atoms. The molecule has 1 N–H and O–H groups in total. The van der Waals surface area contributed by atoms with E-state index in [0.29, 0.717) is 15.9 Å². The molecule has 6 nitrogen and oxygen atoms in total. The molecule has 1 amide bonds. The van der Waals surface area contributed by atoms with Gasteiger partial charge in [-0.25, -0.2) is 5.43 Å². The second-order valence-electron chi connectivity index (χ2n) is 7.34. The molecule has 8 heteroatoms. The molecule has 0 aliphatic rings. The number of aromatic nitrogens is 3. The molecule has 0 bridgehead atoms. The summed E-state index contributed by atoms with van der Waals surface area (Å²) in [5.41, 5.74) is 7.04. The van der Waals surface area contributed by atoms with Crippen molar-refractivity contribution in [2.75, 3.05) is 5.75 Å². The second-order valence-corrected chi connectivity index (χ2v) is 8.69. The van der Waals surface area contributed by atoms with Crippen molar-refractivity contribution < 1.29 is 4.79 Å². The highest BCUT2D eigenvalue weighted by molar-refractivity contribution is 7.99. The Balaban J connectivity index is 1.53. The summed E-state index contributed by atoms with van der Waals surface area (Å²) in [5, 5.41) is 14.2. The molecule has 0 radical (unpaired) electrons. The highest BCUT2D eigenvalue weighted by atomic mass is 35.5. The van der Waals surface area contributed by atoms with Crippen LogP contribution in [-0.4, -0.2) is 32.1 Å². The monoisotopic (exact) mass is 475 g/mol. The molecule has 0 fully saturated rings. The lowest BCUT2D eigenvalue weighted by Gasteiger charge is -2.10. The van der Waals surface area contributed by atoms with E-state index < -0.39 is 0 Å². The smallest absolute Gasteiger partial charge is 0.250 e. The van der Waals surface area contributed by atoms with E-state index in [-0.39, 0.29) is 11.7 Å². The SMILES string of the molecule is C/C(=N\NC(=O)CSc1nnc(-c2ccccc2)n1-c1ccc(C)cc1)c1ccccc1Cl. The summed E-state index contributed by atoms with van der Waals surface area (Å²) in [7, 11) is 0. The Labute approximate surface area is 201 Å². The van der Waals surface area contributed by atoms with E-state index in [1.807, 2.05) is 84.3 Å². The lowest BCUT2D eigenvalue weighted by atomic mass is 10.1. The molecular formula is C25H22ClN5OS. The minimum absolute atomic E-state index is 0.137. The number of benzene rings is 3. The van der Waals surface area contributed by atoms with Crippen molar-refractivity contribution in [2.24, 2.45) is 5.10 Å². The predicted octanol–water partition coefficient (Wildman–Crippen LogP) is 5.53. The zero-order valence-corrected chi connectivity index (χ0v) is 19.8. The van der Waals surface area contributed by atoms with Crippen molar-refractivity contribution in [2.45, 2.75) is 19.0 Å². The van der Waals surface area contributed by atoms with Crippen LogP contribution in [0.3, 0.4) is 0 Å². The quantitative estimate of drug-likeness (QED) is 0.217. The Morgan fingerprint density at radius 2 is 1.70 bits per heavy atom. The van der Waals surface area contributed by atoms with Crippen molar-refractivity contribution in [3.8, 4) is 17.1 Å². The van der Waals surface area contributed by atoms with Crippen LogP contribution in [0.15, 0.2) is 89.1 Å². The molecule has 4 rings (SSSR count). The predicted molar refractivity (Wildman–Crippen MR) is 134 cm³/mol. The van der Waals surface area contributed by atoms with Crippen molar-refractivity contribution in [1.82, 2.24) is 20.2 Å². The molecular weight excluding hydrogens is 454 g/mol. The number of nitrogens with one attached hydrogen (secondary N) is 1. The van der Waals surface area contributed by atoms with Crippen LogP contribution in [0.2, 0.25) is 5.02 Å². The largest absolute Gasteiger partial charge is 0.272 e. The first-order chi connectivity index (χ1) is 16.0. The van der Waals surface area contributed by atoms with Crippen LogP contribution in [0, 0.1) is 6.92 Å². The number of aryl methyl sites for hydroxylation is 1. The zero-order chi connectivity index (χ0) is 23.2. The number of hydrogen-bond acceptors (Lipinski definition) is 5. The number of thioether (sulfide) groups is 1. The van der Waals surface area contributed by atoms with Gasteiger partial charge in [-0.3, -0.25) is 9.36 Å². The highest BCUT2D eigenvalue weighted by Gasteiger charge is 2.17. The average Bonchev–Trinajstić information content (AvgIpc) is 3.26. The molecule has 0 saturated carbocycles. The van der Waals surface area contributed by atoms with Crippen LogP contribution in [-0.2, 0) is 4.79 Å². The van der Waals surface area contributed by atoms with Gasteiger partial charge < -0.3 is 0 Å². The maximum atomic E-state index is 12.5. The summed E-state index contributed by atoms with van der Waals surface area (Å²) in [5.74, 6) is 0.610. The van der Waals surface area contributed by atoms with Gasteiger partial charge in [-0.2, -0.15) is 5.10 Å². The molecule has 1 heterocycles. The first kappa shape index (κ1) is 22.8. The molecule has 166 valence electrons. The standard InChI is InChI=1S/C25H22ClN5OS/c1-17-12-14-20(15-13-17)31-24(19-8-4-3-5-9-19)29-30-25(31)33-16-23(32)28-27-18(2)21-10-6-7-11-22(21)26/h3-15H,16H2,1-2H3,(H,28,32)/b27-18+. The molecule has 0 saturated heterocycles. The zero-order valence-electron chi connectivity index (χ0n) is 18.2. The van der Waals surface area contributed by atoms with Gasteiger partial charge >= 0.3 is 0 Å². The number of hydrazone groups is 1. The summed E-state index contributed by atoms with van der Waals surface area (Å²) in [6.45, 7) is 3.84. The normalized spacial score (nSPS) is 11.4. The Morgan fingerprint density at radius 3 is 2.42 bits per heavy atom. The van der Waals surface area contributed by atoms with E-state index in [9.17, 15) is 4.79 Å². The summed E-state index contributed by atoms with van der Waals surface area (Å²) in [4.78, 5) is 12.5. The molecule has 0 unspecified atom stereocenters. The van der Waals surface area contributed by atoms with E-state index in [1.165, 1.54) is 11.8 Å². The van der Waals surface area contributed by atoms with E-state index >= 15 is 0 Å². The Bertz CT molecular complexity index is 1290. The van der Waals surface area contributed by atoms with Crippen LogP contribution < -0.4 is 5.43 Å². The third-order valence-corrected chi connectivity index (χ3v) is 6.16. The number of halogens is 1. The number of amides is 1. The number of carbonyl (C=O) groups excluding carboxylic acids is 1. The Hall–Kier alpha value is -3.42. The fourth-order valence-electron chi connectivity index (χ4n) is 3.19. The topological polar surface area (TPSA) is 72.2 Å². The van der Waals surface area contributed by atoms with Gasteiger partial charge in [0.15, 0.2) is 11.0 Å². The van der Waals surface area contributed by atoms with Crippen LogP contribution in [0.5, 0.6) is 0 Å². The molecule has 4 aromatic rings. The number of carbonyl (C=O) groups is 1. The van der Waals surface area contributed by atoms with Crippen LogP contribution >= 0.6 is 23.4 Å². The van der Waals surface area contributed by atoms with Gasteiger partial charge in [0, 0.05) is 21.8 Å². The number of rotatable bonds is 7. The Kier molecular flexibility index (Phi) is 7.22. The van der Waals surface area contributed by atoms with Crippen LogP contribution in [0.25, 0.3) is 17.1 Å². The molecule has 0 atom stereocenters. The summed E-state index contributed by atoms with van der Waals surface area (Å²) in [6.07, 6.45) is 0. The number of nitrogens with zero attached hydrogens (tertiary/aromatic N) is 4. The summed E-state index contributed by atoms with van der Waals surface area (Å²) < 4.78 is 1.96. The van der Waals surface area contributed by atoms with E-state index in [4.69, 9.17) is 11.6 Å².